The van der Waals surface area contributed by atoms with Crippen molar-refractivity contribution < 1.29 is 4.79 Å². The number of hydrogen-bond acceptors (Lipinski definition) is 2. The fourth-order valence-electron chi connectivity index (χ4n) is 1.94. The Balaban J connectivity index is 2.54. The van der Waals surface area contributed by atoms with Crippen molar-refractivity contribution in [1.82, 2.24) is 10.4 Å². The highest BCUT2D eigenvalue weighted by atomic mass is 16.2. The predicted molar refractivity (Wildman–Crippen MR) is 63.8 cm³/mol. The van der Waals surface area contributed by atoms with Crippen molar-refractivity contribution in [3.05, 3.63) is 35.0 Å². The first-order valence-corrected chi connectivity index (χ1v) is 5.19. The highest BCUT2D eigenvalue weighted by molar-refractivity contribution is 5.90. The largest absolute Gasteiger partial charge is 0.358 e. The first kappa shape index (κ1) is 10.7. The summed E-state index contributed by atoms with van der Waals surface area (Å²) in [4.78, 5) is 14.6. The van der Waals surface area contributed by atoms with E-state index in [0.717, 1.165) is 22.2 Å². The van der Waals surface area contributed by atoms with Gasteiger partial charge in [0.1, 0.15) is 0 Å². The maximum Gasteiger partial charge on any atom is 0.238 e. The van der Waals surface area contributed by atoms with Gasteiger partial charge in [0.25, 0.3) is 0 Å². The first-order valence-electron chi connectivity index (χ1n) is 5.19. The van der Waals surface area contributed by atoms with E-state index >= 15 is 0 Å². The number of aromatic amines is 1. The van der Waals surface area contributed by atoms with Crippen molar-refractivity contribution >= 4 is 16.8 Å². The molecule has 0 unspecified atom stereocenters. The van der Waals surface area contributed by atoms with Crippen LogP contribution in [0.3, 0.4) is 0 Å². The second kappa shape index (κ2) is 3.98. The molecular formula is C12H15N3O. The molecule has 0 radical (unpaired) electrons. The van der Waals surface area contributed by atoms with Gasteiger partial charge in [0.05, 0.1) is 6.42 Å². The molecule has 0 aliphatic carbocycles. The fourth-order valence-corrected chi connectivity index (χ4v) is 1.94. The van der Waals surface area contributed by atoms with Gasteiger partial charge in [-0.1, -0.05) is 11.6 Å². The SMILES string of the molecule is Cc1ccc2[nH]c(C)c(CC(=O)NN)c2c1. The van der Waals surface area contributed by atoms with E-state index in [0.29, 0.717) is 6.42 Å². The zero-order valence-corrected chi connectivity index (χ0v) is 9.42. The number of hydrazine groups is 1. The van der Waals surface area contributed by atoms with Crippen molar-refractivity contribution in [2.24, 2.45) is 5.84 Å². The Morgan fingerprint density at radius 2 is 2.19 bits per heavy atom. The number of H-pyrrole nitrogens is 1. The molecule has 0 aliphatic rings. The first-order chi connectivity index (χ1) is 7.61. The van der Waals surface area contributed by atoms with E-state index in [1.54, 1.807) is 0 Å². The summed E-state index contributed by atoms with van der Waals surface area (Å²) in [6.45, 7) is 4.00. The predicted octanol–water partition coefficient (Wildman–Crippen LogP) is 1.32. The Kier molecular flexibility index (Phi) is 2.66. The summed E-state index contributed by atoms with van der Waals surface area (Å²) in [6.07, 6.45) is 0.311. The van der Waals surface area contributed by atoms with Crippen molar-refractivity contribution in [3.63, 3.8) is 0 Å². The minimum atomic E-state index is -0.175. The van der Waals surface area contributed by atoms with Crippen LogP contribution in [0.15, 0.2) is 18.2 Å². The van der Waals surface area contributed by atoms with Crippen LogP contribution in [0.5, 0.6) is 0 Å². The number of nitrogens with two attached hydrogens (primary N) is 1. The van der Waals surface area contributed by atoms with Gasteiger partial charge >= 0.3 is 0 Å². The third-order valence-corrected chi connectivity index (χ3v) is 2.77. The molecule has 4 heteroatoms. The quantitative estimate of drug-likeness (QED) is 0.403. The number of aromatic nitrogens is 1. The van der Waals surface area contributed by atoms with Gasteiger partial charge in [-0.25, -0.2) is 5.84 Å². The van der Waals surface area contributed by atoms with E-state index in [1.807, 2.05) is 26.0 Å². The van der Waals surface area contributed by atoms with Crippen LogP contribution < -0.4 is 11.3 Å². The lowest BCUT2D eigenvalue weighted by Crippen LogP contribution is -2.31. The number of rotatable bonds is 2. The standard InChI is InChI=1S/C12H15N3O/c1-7-3-4-11-10(5-7)9(8(2)14-11)6-12(16)15-13/h3-5,14H,6,13H2,1-2H3,(H,15,16). The third-order valence-electron chi connectivity index (χ3n) is 2.77. The zero-order chi connectivity index (χ0) is 11.7. The molecule has 0 fully saturated rings. The van der Waals surface area contributed by atoms with Crippen LogP contribution in [0.25, 0.3) is 10.9 Å². The van der Waals surface area contributed by atoms with E-state index in [-0.39, 0.29) is 5.91 Å². The number of aryl methyl sites for hydroxylation is 2. The summed E-state index contributed by atoms with van der Waals surface area (Å²) in [5, 5.41) is 1.10. The van der Waals surface area contributed by atoms with Crippen LogP contribution in [0.2, 0.25) is 0 Å². The normalized spacial score (nSPS) is 10.7. The van der Waals surface area contributed by atoms with Crippen LogP contribution in [-0.2, 0) is 11.2 Å². The molecule has 4 N–H and O–H groups in total. The highest BCUT2D eigenvalue weighted by Crippen LogP contribution is 2.23. The van der Waals surface area contributed by atoms with Gasteiger partial charge in [0, 0.05) is 16.6 Å². The molecule has 2 aromatic rings. The van der Waals surface area contributed by atoms with Gasteiger partial charge in [0.15, 0.2) is 0 Å². The number of carbonyl (C=O) groups excluding carboxylic acids is 1. The average Bonchev–Trinajstić information content (AvgIpc) is 2.55. The second-order valence-electron chi connectivity index (χ2n) is 4.02. The topological polar surface area (TPSA) is 70.9 Å². The lowest BCUT2D eigenvalue weighted by molar-refractivity contribution is -0.120. The van der Waals surface area contributed by atoms with Crippen molar-refractivity contribution in [3.8, 4) is 0 Å². The molecule has 0 spiro atoms. The van der Waals surface area contributed by atoms with Crippen LogP contribution in [-0.4, -0.2) is 10.9 Å². The van der Waals surface area contributed by atoms with Crippen LogP contribution >= 0.6 is 0 Å². The molecule has 0 aliphatic heterocycles. The monoisotopic (exact) mass is 217 g/mol. The highest BCUT2D eigenvalue weighted by Gasteiger charge is 2.11. The number of nitrogens with one attached hydrogen (secondary N) is 2. The van der Waals surface area contributed by atoms with Crippen LogP contribution in [0.4, 0.5) is 0 Å². The summed E-state index contributed by atoms with van der Waals surface area (Å²) in [6, 6.07) is 6.16. The number of amides is 1. The Bertz CT molecular complexity index is 542. The van der Waals surface area contributed by atoms with E-state index in [4.69, 9.17) is 5.84 Å². The fraction of sp³-hybridized carbons (Fsp3) is 0.250. The van der Waals surface area contributed by atoms with Crippen molar-refractivity contribution in [1.29, 1.82) is 0 Å². The molecule has 1 aromatic carbocycles. The van der Waals surface area contributed by atoms with E-state index in [9.17, 15) is 4.79 Å². The van der Waals surface area contributed by atoms with Gasteiger partial charge in [-0.2, -0.15) is 0 Å². The van der Waals surface area contributed by atoms with E-state index < -0.39 is 0 Å². The van der Waals surface area contributed by atoms with E-state index in [1.165, 1.54) is 5.56 Å². The molecule has 0 saturated heterocycles. The summed E-state index contributed by atoms with van der Waals surface area (Å²) >= 11 is 0. The maximum absolute atomic E-state index is 11.3. The molecule has 4 nitrogen and oxygen atoms in total. The minimum Gasteiger partial charge on any atom is -0.358 e. The van der Waals surface area contributed by atoms with Gasteiger partial charge in [-0.05, 0) is 31.5 Å². The van der Waals surface area contributed by atoms with Crippen molar-refractivity contribution in [2.75, 3.05) is 0 Å². The minimum absolute atomic E-state index is 0.175. The third kappa shape index (κ3) is 1.79. The summed E-state index contributed by atoms with van der Waals surface area (Å²) in [7, 11) is 0. The number of carbonyl (C=O) groups is 1. The molecule has 1 aromatic heterocycles. The number of hydrogen-bond donors (Lipinski definition) is 3. The molecule has 0 saturated carbocycles. The average molecular weight is 217 g/mol. The Morgan fingerprint density at radius 3 is 2.88 bits per heavy atom. The molecule has 1 amide bonds. The Morgan fingerprint density at radius 1 is 1.44 bits per heavy atom. The maximum atomic E-state index is 11.3. The Hall–Kier alpha value is -1.81. The molecule has 0 bridgehead atoms. The molecule has 84 valence electrons. The number of fused-ring (bicyclic) bond motifs is 1. The number of benzene rings is 1. The summed E-state index contributed by atoms with van der Waals surface area (Å²) in [5.41, 5.74) is 6.43. The van der Waals surface area contributed by atoms with Gasteiger partial charge < -0.3 is 4.98 Å². The Labute approximate surface area is 93.8 Å². The van der Waals surface area contributed by atoms with Gasteiger partial charge in [-0.3, -0.25) is 10.2 Å². The van der Waals surface area contributed by atoms with Gasteiger partial charge in [-0.15, -0.1) is 0 Å². The van der Waals surface area contributed by atoms with Crippen LogP contribution in [0.1, 0.15) is 16.8 Å². The second-order valence-corrected chi connectivity index (χ2v) is 4.02. The molecule has 2 rings (SSSR count). The lowest BCUT2D eigenvalue weighted by Gasteiger charge is -2.01. The van der Waals surface area contributed by atoms with Crippen LogP contribution in [0, 0.1) is 13.8 Å². The molecule has 1 heterocycles. The lowest BCUT2D eigenvalue weighted by atomic mass is 10.1. The zero-order valence-electron chi connectivity index (χ0n) is 9.42. The van der Waals surface area contributed by atoms with Gasteiger partial charge in [0.2, 0.25) is 5.91 Å². The summed E-state index contributed by atoms with van der Waals surface area (Å²) < 4.78 is 0. The smallest absolute Gasteiger partial charge is 0.238 e. The van der Waals surface area contributed by atoms with Crippen molar-refractivity contribution in [2.45, 2.75) is 20.3 Å². The molecular weight excluding hydrogens is 202 g/mol. The summed E-state index contributed by atoms with van der Waals surface area (Å²) in [5.74, 6) is 4.93. The molecule has 16 heavy (non-hydrogen) atoms. The molecule has 0 atom stereocenters. The van der Waals surface area contributed by atoms with E-state index in [2.05, 4.69) is 16.5 Å².